The lowest BCUT2D eigenvalue weighted by Gasteiger charge is -2.23. The molecule has 1 saturated heterocycles. The SMILES string of the molecule is CCc1nccc(CN2CCCN(C(=O)CC3CCCC3)CC2)n1. The predicted molar refractivity (Wildman–Crippen MR) is 94.5 cm³/mol. The number of carbonyl (C=O) groups is 1. The second-order valence-corrected chi connectivity index (χ2v) is 7.18. The zero-order valence-corrected chi connectivity index (χ0v) is 14.9. The molecule has 5 nitrogen and oxygen atoms in total. The molecular weight excluding hydrogens is 300 g/mol. The molecule has 2 aliphatic rings. The lowest BCUT2D eigenvalue weighted by Crippen LogP contribution is -2.35. The van der Waals surface area contributed by atoms with Crippen LogP contribution in [0, 0.1) is 5.92 Å². The number of rotatable bonds is 5. The van der Waals surface area contributed by atoms with Gasteiger partial charge in [0.1, 0.15) is 5.82 Å². The van der Waals surface area contributed by atoms with Crippen LogP contribution in [0.3, 0.4) is 0 Å². The number of aromatic nitrogens is 2. The van der Waals surface area contributed by atoms with Crippen molar-refractivity contribution in [2.24, 2.45) is 5.92 Å². The lowest BCUT2D eigenvalue weighted by molar-refractivity contribution is -0.132. The van der Waals surface area contributed by atoms with E-state index in [0.717, 1.165) is 63.5 Å². The lowest BCUT2D eigenvalue weighted by atomic mass is 10.0. The van der Waals surface area contributed by atoms with Gasteiger partial charge in [-0.25, -0.2) is 9.97 Å². The van der Waals surface area contributed by atoms with Gasteiger partial charge in [0.25, 0.3) is 0 Å². The third-order valence-electron chi connectivity index (χ3n) is 5.34. The summed E-state index contributed by atoms with van der Waals surface area (Å²) in [5.74, 6) is 1.93. The van der Waals surface area contributed by atoms with Crippen molar-refractivity contribution < 1.29 is 4.79 Å². The van der Waals surface area contributed by atoms with Gasteiger partial charge in [-0.15, -0.1) is 0 Å². The predicted octanol–water partition coefficient (Wildman–Crippen LogP) is 2.65. The molecule has 0 bridgehead atoms. The van der Waals surface area contributed by atoms with Crippen molar-refractivity contribution in [3.63, 3.8) is 0 Å². The van der Waals surface area contributed by atoms with Gasteiger partial charge in [-0.2, -0.15) is 0 Å². The van der Waals surface area contributed by atoms with Crippen molar-refractivity contribution in [3.8, 4) is 0 Å². The molecule has 0 N–H and O–H groups in total. The number of hydrogen-bond donors (Lipinski definition) is 0. The van der Waals surface area contributed by atoms with Crippen molar-refractivity contribution in [3.05, 3.63) is 23.8 Å². The van der Waals surface area contributed by atoms with Gasteiger partial charge in [0.2, 0.25) is 5.91 Å². The molecule has 3 rings (SSSR count). The van der Waals surface area contributed by atoms with E-state index in [4.69, 9.17) is 0 Å². The topological polar surface area (TPSA) is 49.3 Å². The quantitative estimate of drug-likeness (QED) is 0.833. The smallest absolute Gasteiger partial charge is 0.222 e. The van der Waals surface area contributed by atoms with Crippen LogP contribution in [-0.2, 0) is 17.8 Å². The van der Waals surface area contributed by atoms with E-state index in [2.05, 4.69) is 26.7 Å². The van der Waals surface area contributed by atoms with Crippen LogP contribution < -0.4 is 0 Å². The maximum Gasteiger partial charge on any atom is 0.222 e. The second kappa shape index (κ2) is 8.56. The number of nitrogens with zero attached hydrogens (tertiary/aromatic N) is 4. The molecule has 1 aromatic heterocycles. The van der Waals surface area contributed by atoms with Crippen molar-refractivity contribution in [1.29, 1.82) is 0 Å². The summed E-state index contributed by atoms with van der Waals surface area (Å²) in [5.41, 5.74) is 1.09. The summed E-state index contributed by atoms with van der Waals surface area (Å²) in [6, 6.07) is 2.01. The highest BCUT2D eigenvalue weighted by Gasteiger charge is 2.24. The Hall–Kier alpha value is -1.49. The van der Waals surface area contributed by atoms with Crippen LogP contribution in [0.2, 0.25) is 0 Å². The zero-order valence-electron chi connectivity index (χ0n) is 14.9. The Morgan fingerprint density at radius 3 is 2.79 bits per heavy atom. The normalized spacial score (nSPS) is 20.3. The molecule has 0 atom stereocenters. The van der Waals surface area contributed by atoms with Gasteiger partial charge in [0.15, 0.2) is 0 Å². The van der Waals surface area contributed by atoms with Gasteiger partial charge in [-0.1, -0.05) is 19.8 Å². The van der Waals surface area contributed by atoms with Crippen LogP contribution in [0.15, 0.2) is 12.3 Å². The van der Waals surface area contributed by atoms with Crippen molar-refractivity contribution in [2.75, 3.05) is 26.2 Å². The van der Waals surface area contributed by atoms with Crippen LogP contribution in [-0.4, -0.2) is 51.9 Å². The molecule has 1 aromatic rings. The van der Waals surface area contributed by atoms with Gasteiger partial charge < -0.3 is 4.90 Å². The van der Waals surface area contributed by atoms with Crippen molar-refractivity contribution >= 4 is 5.91 Å². The Bertz CT molecular complexity index is 542. The molecule has 1 amide bonds. The Morgan fingerprint density at radius 1 is 1.17 bits per heavy atom. The number of amides is 1. The molecule has 2 heterocycles. The molecule has 0 unspecified atom stereocenters. The fourth-order valence-electron chi connectivity index (χ4n) is 3.90. The average molecular weight is 330 g/mol. The summed E-state index contributed by atoms with van der Waals surface area (Å²) in [6.45, 7) is 6.70. The maximum atomic E-state index is 12.5. The zero-order chi connectivity index (χ0) is 16.8. The molecule has 2 fully saturated rings. The summed E-state index contributed by atoms with van der Waals surface area (Å²) in [4.78, 5) is 25.9. The monoisotopic (exact) mass is 330 g/mol. The molecule has 0 radical (unpaired) electrons. The molecule has 1 aliphatic heterocycles. The van der Waals surface area contributed by atoms with Crippen LogP contribution in [0.5, 0.6) is 0 Å². The Kier molecular flexibility index (Phi) is 6.18. The molecule has 0 aromatic carbocycles. The Balaban J connectivity index is 1.49. The Labute approximate surface area is 145 Å². The van der Waals surface area contributed by atoms with E-state index in [1.807, 2.05) is 12.3 Å². The van der Waals surface area contributed by atoms with E-state index >= 15 is 0 Å². The highest BCUT2D eigenvalue weighted by atomic mass is 16.2. The van der Waals surface area contributed by atoms with E-state index in [1.54, 1.807) is 0 Å². The standard InChI is InChI=1S/C19H30N4O/c1-2-18-20-9-8-17(21-18)15-22-10-5-11-23(13-12-22)19(24)14-16-6-3-4-7-16/h8-9,16H,2-7,10-15H2,1H3. The van der Waals surface area contributed by atoms with Gasteiger partial charge >= 0.3 is 0 Å². The number of hydrogen-bond acceptors (Lipinski definition) is 4. The average Bonchev–Trinajstić information content (AvgIpc) is 2.99. The minimum atomic E-state index is 0.374. The minimum Gasteiger partial charge on any atom is -0.341 e. The molecule has 132 valence electrons. The highest BCUT2D eigenvalue weighted by Crippen LogP contribution is 2.28. The van der Waals surface area contributed by atoms with Gasteiger partial charge in [-0.3, -0.25) is 9.69 Å². The third-order valence-corrected chi connectivity index (χ3v) is 5.34. The fraction of sp³-hybridized carbons (Fsp3) is 0.737. The molecular formula is C19H30N4O. The van der Waals surface area contributed by atoms with E-state index < -0.39 is 0 Å². The van der Waals surface area contributed by atoms with Crippen LogP contribution in [0.1, 0.15) is 57.0 Å². The number of carbonyl (C=O) groups excluding carboxylic acids is 1. The highest BCUT2D eigenvalue weighted by molar-refractivity contribution is 5.76. The summed E-state index contributed by atoms with van der Waals surface area (Å²) < 4.78 is 0. The largest absolute Gasteiger partial charge is 0.341 e. The molecule has 5 heteroatoms. The van der Waals surface area contributed by atoms with Gasteiger partial charge in [0, 0.05) is 51.8 Å². The third kappa shape index (κ3) is 4.76. The van der Waals surface area contributed by atoms with Crippen molar-refractivity contribution in [1.82, 2.24) is 19.8 Å². The minimum absolute atomic E-state index is 0.374. The summed E-state index contributed by atoms with van der Waals surface area (Å²) in [6.07, 6.45) is 9.68. The second-order valence-electron chi connectivity index (χ2n) is 7.18. The van der Waals surface area contributed by atoms with Gasteiger partial charge in [-0.05, 0) is 31.2 Å². The van der Waals surface area contributed by atoms with E-state index in [9.17, 15) is 4.79 Å². The van der Waals surface area contributed by atoms with E-state index in [0.29, 0.717) is 11.8 Å². The molecule has 1 saturated carbocycles. The summed E-state index contributed by atoms with van der Waals surface area (Å²) in [5, 5.41) is 0. The summed E-state index contributed by atoms with van der Waals surface area (Å²) in [7, 11) is 0. The first kappa shape index (κ1) is 17.3. The first-order chi connectivity index (χ1) is 11.7. The Morgan fingerprint density at radius 2 is 2.00 bits per heavy atom. The first-order valence-corrected chi connectivity index (χ1v) is 9.55. The van der Waals surface area contributed by atoms with Gasteiger partial charge in [0.05, 0.1) is 5.69 Å². The van der Waals surface area contributed by atoms with Crippen molar-refractivity contribution in [2.45, 2.75) is 58.4 Å². The molecule has 24 heavy (non-hydrogen) atoms. The molecule has 0 spiro atoms. The van der Waals surface area contributed by atoms with Crippen LogP contribution in [0.25, 0.3) is 0 Å². The van der Waals surface area contributed by atoms with E-state index in [-0.39, 0.29) is 0 Å². The number of aryl methyl sites for hydroxylation is 1. The van der Waals surface area contributed by atoms with Crippen LogP contribution in [0.4, 0.5) is 0 Å². The molecule has 1 aliphatic carbocycles. The van der Waals surface area contributed by atoms with E-state index in [1.165, 1.54) is 25.7 Å². The maximum absolute atomic E-state index is 12.5. The fourth-order valence-corrected chi connectivity index (χ4v) is 3.90. The summed E-state index contributed by atoms with van der Waals surface area (Å²) >= 11 is 0. The first-order valence-electron chi connectivity index (χ1n) is 9.55. The van der Waals surface area contributed by atoms with Crippen LogP contribution >= 0.6 is 0 Å².